The van der Waals surface area contributed by atoms with Crippen LogP contribution >= 0.6 is 0 Å². The second-order valence-electron chi connectivity index (χ2n) is 3.93. The van der Waals surface area contributed by atoms with Crippen LogP contribution < -0.4 is 4.46 Å². The van der Waals surface area contributed by atoms with Crippen LogP contribution in [0.5, 0.6) is 5.75 Å². The molecule has 0 aliphatic heterocycles. The molecule has 0 aromatic heterocycles. The van der Waals surface area contributed by atoms with E-state index >= 15 is 0 Å². The van der Waals surface area contributed by atoms with Gasteiger partial charge >= 0.3 is 109 Å². The second-order valence-corrected chi connectivity index (χ2v) is 6.38. The van der Waals surface area contributed by atoms with Gasteiger partial charge in [0, 0.05) is 0 Å². The third kappa shape index (κ3) is 4.26. The van der Waals surface area contributed by atoms with E-state index in [2.05, 4.69) is 30.3 Å². The summed E-state index contributed by atoms with van der Waals surface area (Å²) in [6.45, 7) is 0. The topological polar surface area (TPSA) is 20.2 Å². The molecule has 0 saturated carbocycles. The number of hydrogen-bond acceptors (Lipinski definition) is 1. The predicted molar refractivity (Wildman–Crippen MR) is 73.1 cm³/mol. The van der Waals surface area contributed by atoms with Gasteiger partial charge < -0.3 is 0 Å². The molecule has 0 spiro atoms. The summed E-state index contributed by atoms with van der Waals surface area (Å²) in [5.74, 6) is 0.349. The van der Waals surface area contributed by atoms with Gasteiger partial charge in [-0.3, -0.25) is 0 Å². The summed E-state index contributed by atoms with van der Waals surface area (Å²) in [5, 5.41) is 10.5. The Balaban J connectivity index is 1.71. The number of benzene rings is 2. The zero-order chi connectivity index (χ0) is 11.9. The molecule has 0 aliphatic carbocycles. The zero-order valence-corrected chi connectivity index (χ0v) is 11.4. The molecule has 0 atom stereocenters. The van der Waals surface area contributed by atoms with E-state index in [1.807, 2.05) is 12.1 Å². The fraction of sp³-hybridized carbons (Fsp3) is 0.200. The van der Waals surface area contributed by atoms with E-state index in [0.29, 0.717) is 20.7 Å². The first-order valence-electron chi connectivity index (χ1n) is 5.80. The Labute approximate surface area is 109 Å². The van der Waals surface area contributed by atoms with Crippen molar-refractivity contribution < 1.29 is 5.11 Å². The summed E-state index contributed by atoms with van der Waals surface area (Å²) in [5.41, 5.74) is 1.31. The van der Waals surface area contributed by atoms with Gasteiger partial charge in [-0.2, -0.15) is 0 Å². The van der Waals surface area contributed by atoms with Crippen LogP contribution in [0.2, 0.25) is 5.32 Å². The van der Waals surface area contributed by atoms with Crippen LogP contribution in [0, 0.1) is 0 Å². The van der Waals surface area contributed by atoms with E-state index in [0.717, 1.165) is 6.42 Å². The van der Waals surface area contributed by atoms with Gasteiger partial charge in [0.15, 0.2) is 0 Å². The standard InChI is InChI=1S/C15H16OSe/c16-14-10-8-13(9-11-14)5-4-12-17-15-6-2-1-3-7-15/h1-3,6-11,16H,4-5,12H2. The number of aromatic hydroxyl groups is 1. The third-order valence-electron chi connectivity index (χ3n) is 2.56. The molecule has 0 radical (unpaired) electrons. The molecule has 0 heterocycles. The molecule has 0 fully saturated rings. The molecule has 88 valence electrons. The van der Waals surface area contributed by atoms with Crippen LogP contribution in [0.4, 0.5) is 0 Å². The van der Waals surface area contributed by atoms with E-state index in [1.54, 1.807) is 12.1 Å². The Morgan fingerprint density at radius 3 is 2.29 bits per heavy atom. The summed E-state index contributed by atoms with van der Waals surface area (Å²) in [4.78, 5) is 0. The fourth-order valence-corrected chi connectivity index (χ4v) is 3.48. The number of hydrogen-bond donors (Lipinski definition) is 1. The Bertz CT molecular complexity index is 436. The summed E-state index contributed by atoms with van der Waals surface area (Å²) < 4.78 is 1.48. The third-order valence-corrected chi connectivity index (χ3v) is 4.86. The van der Waals surface area contributed by atoms with Crippen LogP contribution in [-0.4, -0.2) is 20.1 Å². The molecular weight excluding hydrogens is 275 g/mol. The van der Waals surface area contributed by atoms with Gasteiger partial charge in [-0.05, 0) is 0 Å². The Kier molecular flexibility index (Phi) is 4.66. The number of rotatable bonds is 5. The Morgan fingerprint density at radius 1 is 0.882 bits per heavy atom. The normalized spacial score (nSPS) is 10.4. The zero-order valence-electron chi connectivity index (χ0n) is 9.67. The molecular formula is C15H16OSe. The average molecular weight is 291 g/mol. The van der Waals surface area contributed by atoms with E-state index in [4.69, 9.17) is 0 Å². The predicted octanol–water partition coefficient (Wildman–Crippen LogP) is 2.77. The number of aryl methyl sites for hydroxylation is 1. The van der Waals surface area contributed by atoms with Gasteiger partial charge in [-0.25, -0.2) is 0 Å². The fourth-order valence-electron chi connectivity index (χ4n) is 1.65. The van der Waals surface area contributed by atoms with Crippen LogP contribution in [-0.2, 0) is 6.42 Å². The van der Waals surface area contributed by atoms with Crippen molar-refractivity contribution in [3.63, 3.8) is 0 Å². The van der Waals surface area contributed by atoms with Crippen molar-refractivity contribution >= 4 is 19.4 Å². The van der Waals surface area contributed by atoms with Crippen LogP contribution in [0.15, 0.2) is 54.6 Å². The minimum atomic E-state index is 0.349. The summed E-state index contributed by atoms with van der Waals surface area (Å²) >= 11 is 0.595. The van der Waals surface area contributed by atoms with E-state index < -0.39 is 0 Å². The van der Waals surface area contributed by atoms with Gasteiger partial charge in [-0.15, -0.1) is 0 Å². The number of phenols is 1. The molecule has 0 aliphatic rings. The molecule has 1 nitrogen and oxygen atoms in total. The molecule has 2 rings (SSSR count). The maximum atomic E-state index is 9.18. The van der Waals surface area contributed by atoms with Gasteiger partial charge in [0.2, 0.25) is 0 Å². The van der Waals surface area contributed by atoms with Gasteiger partial charge in [0.1, 0.15) is 0 Å². The second kappa shape index (κ2) is 6.48. The quantitative estimate of drug-likeness (QED) is 0.663. The molecule has 2 aromatic carbocycles. The van der Waals surface area contributed by atoms with Crippen molar-refractivity contribution in [3.8, 4) is 5.75 Å². The summed E-state index contributed by atoms with van der Waals surface area (Å²) in [6, 6.07) is 18.2. The molecule has 0 unspecified atom stereocenters. The molecule has 17 heavy (non-hydrogen) atoms. The molecule has 2 aromatic rings. The van der Waals surface area contributed by atoms with Gasteiger partial charge in [0.25, 0.3) is 0 Å². The summed E-state index contributed by atoms with van der Waals surface area (Å²) in [6.07, 6.45) is 2.33. The van der Waals surface area contributed by atoms with Crippen molar-refractivity contribution in [2.75, 3.05) is 0 Å². The summed E-state index contributed by atoms with van der Waals surface area (Å²) in [7, 11) is 0. The van der Waals surface area contributed by atoms with E-state index in [1.165, 1.54) is 21.8 Å². The Morgan fingerprint density at radius 2 is 1.59 bits per heavy atom. The molecule has 0 amide bonds. The van der Waals surface area contributed by atoms with Crippen molar-refractivity contribution in [1.29, 1.82) is 0 Å². The number of phenolic OH excluding ortho intramolecular Hbond substituents is 1. The first kappa shape index (κ1) is 12.2. The van der Waals surface area contributed by atoms with E-state index in [9.17, 15) is 5.11 Å². The van der Waals surface area contributed by atoms with Crippen molar-refractivity contribution in [2.45, 2.75) is 18.2 Å². The molecule has 1 N–H and O–H groups in total. The minimum absolute atomic E-state index is 0.349. The molecule has 0 bridgehead atoms. The first-order valence-corrected chi connectivity index (χ1v) is 7.87. The van der Waals surface area contributed by atoms with Crippen molar-refractivity contribution in [1.82, 2.24) is 0 Å². The van der Waals surface area contributed by atoms with Crippen molar-refractivity contribution in [2.24, 2.45) is 0 Å². The maximum absolute atomic E-state index is 9.18. The van der Waals surface area contributed by atoms with Crippen LogP contribution in [0.25, 0.3) is 0 Å². The Hall–Kier alpha value is -1.24. The molecule has 2 heteroatoms. The van der Waals surface area contributed by atoms with Gasteiger partial charge in [-0.1, -0.05) is 0 Å². The first-order chi connectivity index (χ1) is 8.34. The molecule has 0 saturated heterocycles. The monoisotopic (exact) mass is 292 g/mol. The van der Waals surface area contributed by atoms with Crippen molar-refractivity contribution in [3.05, 3.63) is 60.2 Å². The van der Waals surface area contributed by atoms with Gasteiger partial charge in [0.05, 0.1) is 0 Å². The SMILES string of the molecule is Oc1ccc(CCC[Se]c2ccccc2)cc1. The van der Waals surface area contributed by atoms with E-state index in [-0.39, 0.29) is 0 Å². The van der Waals surface area contributed by atoms with Crippen LogP contribution in [0.3, 0.4) is 0 Å². The average Bonchev–Trinajstić information content (AvgIpc) is 2.38. The van der Waals surface area contributed by atoms with Crippen LogP contribution in [0.1, 0.15) is 12.0 Å².